The first kappa shape index (κ1) is 10.1. The van der Waals surface area contributed by atoms with Crippen molar-refractivity contribution >= 4 is 15.9 Å². The first-order valence-electron chi connectivity index (χ1n) is 5.21. The third-order valence-corrected chi connectivity index (χ3v) is 3.81. The molecule has 3 rings (SSSR count). The molecule has 1 aliphatic heterocycles. The summed E-state index contributed by atoms with van der Waals surface area (Å²) in [5.74, 6) is 0.930. The van der Waals surface area contributed by atoms with Gasteiger partial charge in [-0.2, -0.15) is 0 Å². The zero-order valence-corrected chi connectivity index (χ0v) is 10.2. The van der Waals surface area contributed by atoms with Gasteiger partial charge in [0, 0.05) is 0 Å². The first-order chi connectivity index (χ1) is 7.84. The van der Waals surface area contributed by atoms with Crippen molar-refractivity contribution in [3.63, 3.8) is 0 Å². The van der Waals surface area contributed by atoms with E-state index < -0.39 is 0 Å². The van der Waals surface area contributed by atoms with E-state index in [2.05, 4.69) is 34.1 Å². The highest BCUT2D eigenvalue weighted by Crippen LogP contribution is 2.33. The Hall–Kier alpha value is -1.06. The van der Waals surface area contributed by atoms with E-state index in [0.29, 0.717) is 0 Å². The summed E-state index contributed by atoms with van der Waals surface area (Å²) in [7, 11) is 0. The minimum absolute atomic E-state index is 0.119. The van der Waals surface area contributed by atoms with Gasteiger partial charge in [-0.05, 0) is 28.8 Å². The molecule has 1 unspecified atom stereocenters. The van der Waals surface area contributed by atoms with E-state index in [1.165, 1.54) is 16.7 Å². The average molecular weight is 279 g/mol. The molecule has 2 heterocycles. The van der Waals surface area contributed by atoms with E-state index in [9.17, 15) is 0 Å². The SMILES string of the molecule is BrC(c1ccc2c(c1)COC2)c1ccco1. The lowest BCUT2D eigenvalue weighted by Crippen LogP contribution is -1.93. The molecule has 0 spiro atoms. The maximum atomic E-state index is 5.40. The summed E-state index contributed by atoms with van der Waals surface area (Å²) in [5.41, 5.74) is 3.79. The molecule has 0 saturated carbocycles. The molecule has 0 saturated heterocycles. The largest absolute Gasteiger partial charge is 0.468 e. The van der Waals surface area contributed by atoms with Crippen molar-refractivity contribution in [1.82, 2.24) is 0 Å². The molecule has 1 atom stereocenters. The van der Waals surface area contributed by atoms with Crippen LogP contribution in [0.2, 0.25) is 0 Å². The molecule has 0 aliphatic carbocycles. The van der Waals surface area contributed by atoms with E-state index in [1.807, 2.05) is 12.1 Å². The van der Waals surface area contributed by atoms with Gasteiger partial charge in [0.05, 0.1) is 24.3 Å². The number of benzene rings is 1. The van der Waals surface area contributed by atoms with Crippen LogP contribution < -0.4 is 0 Å². The van der Waals surface area contributed by atoms with Gasteiger partial charge in [-0.1, -0.05) is 34.1 Å². The number of ether oxygens (including phenoxy) is 1. The van der Waals surface area contributed by atoms with Crippen molar-refractivity contribution in [2.24, 2.45) is 0 Å². The number of halogens is 1. The fourth-order valence-electron chi connectivity index (χ4n) is 1.95. The molecule has 1 aromatic heterocycles. The Balaban J connectivity index is 1.95. The smallest absolute Gasteiger partial charge is 0.121 e. The van der Waals surface area contributed by atoms with E-state index in [1.54, 1.807) is 6.26 Å². The van der Waals surface area contributed by atoms with Gasteiger partial charge in [0.25, 0.3) is 0 Å². The molecule has 16 heavy (non-hydrogen) atoms. The number of hydrogen-bond acceptors (Lipinski definition) is 2. The number of rotatable bonds is 2. The Morgan fingerprint density at radius 1 is 1.12 bits per heavy atom. The van der Waals surface area contributed by atoms with Crippen LogP contribution in [-0.4, -0.2) is 0 Å². The fraction of sp³-hybridized carbons (Fsp3) is 0.231. The summed E-state index contributed by atoms with van der Waals surface area (Å²) in [5, 5.41) is 0. The molecule has 82 valence electrons. The molecule has 2 aromatic rings. The maximum Gasteiger partial charge on any atom is 0.121 e. The Morgan fingerprint density at radius 2 is 2.00 bits per heavy atom. The molecule has 3 heteroatoms. The summed E-state index contributed by atoms with van der Waals surface area (Å²) in [6.45, 7) is 1.46. The lowest BCUT2D eigenvalue weighted by Gasteiger charge is -2.08. The third kappa shape index (κ3) is 1.70. The Labute approximate surface area is 102 Å². The Bertz CT molecular complexity index is 491. The van der Waals surface area contributed by atoms with Crippen molar-refractivity contribution in [1.29, 1.82) is 0 Å². The summed E-state index contributed by atoms with van der Waals surface area (Å²) < 4.78 is 10.8. The van der Waals surface area contributed by atoms with Crippen LogP contribution in [0, 0.1) is 0 Å². The predicted molar refractivity (Wildman–Crippen MR) is 64.4 cm³/mol. The van der Waals surface area contributed by atoms with Crippen LogP contribution >= 0.6 is 15.9 Å². The second-order valence-electron chi connectivity index (χ2n) is 3.90. The Kier molecular flexibility index (Phi) is 2.58. The normalized spacial score (nSPS) is 16.1. The Morgan fingerprint density at radius 3 is 2.81 bits per heavy atom. The molecular weight excluding hydrogens is 268 g/mol. The van der Waals surface area contributed by atoms with Gasteiger partial charge in [-0.15, -0.1) is 0 Å². The van der Waals surface area contributed by atoms with Gasteiger partial charge in [-0.3, -0.25) is 0 Å². The highest BCUT2D eigenvalue weighted by atomic mass is 79.9. The second-order valence-corrected chi connectivity index (χ2v) is 4.81. The molecular formula is C13H11BrO2. The number of hydrogen-bond donors (Lipinski definition) is 0. The van der Waals surface area contributed by atoms with Gasteiger partial charge in [0.1, 0.15) is 5.76 Å². The minimum atomic E-state index is 0.119. The second kappa shape index (κ2) is 4.07. The quantitative estimate of drug-likeness (QED) is 0.780. The third-order valence-electron chi connectivity index (χ3n) is 2.83. The van der Waals surface area contributed by atoms with Gasteiger partial charge in [0.2, 0.25) is 0 Å². The molecule has 0 N–H and O–H groups in total. The average Bonchev–Trinajstić information content (AvgIpc) is 2.98. The summed E-state index contributed by atoms with van der Waals surface area (Å²) >= 11 is 3.65. The zero-order chi connectivity index (χ0) is 11.0. The maximum absolute atomic E-state index is 5.40. The summed E-state index contributed by atoms with van der Waals surface area (Å²) in [6, 6.07) is 10.3. The topological polar surface area (TPSA) is 22.4 Å². The van der Waals surface area contributed by atoms with Crippen molar-refractivity contribution < 1.29 is 9.15 Å². The van der Waals surface area contributed by atoms with Crippen molar-refractivity contribution in [2.75, 3.05) is 0 Å². The van der Waals surface area contributed by atoms with Gasteiger partial charge >= 0.3 is 0 Å². The van der Waals surface area contributed by atoms with Crippen LogP contribution in [0.4, 0.5) is 0 Å². The van der Waals surface area contributed by atoms with Crippen LogP contribution in [0.25, 0.3) is 0 Å². The number of alkyl halides is 1. The summed E-state index contributed by atoms with van der Waals surface area (Å²) in [4.78, 5) is 0.119. The first-order valence-corrected chi connectivity index (χ1v) is 6.13. The lowest BCUT2D eigenvalue weighted by molar-refractivity contribution is 0.134. The van der Waals surface area contributed by atoms with Crippen molar-refractivity contribution in [3.8, 4) is 0 Å². The van der Waals surface area contributed by atoms with Gasteiger partial charge in [-0.25, -0.2) is 0 Å². The zero-order valence-electron chi connectivity index (χ0n) is 8.65. The van der Waals surface area contributed by atoms with Crippen molar-refractivity contribution in [3.05, 3.63) is 59.0 Å². The van der Waals surface area contributed by atoms with E-state index in [4.69, 9.17) is 9.15 Å². The number of fused-ring (bicyclic) bond motifs is 1. The van der Waals surface area contributed by atoms with Crippen LogP contribution in [0.5, 0.6) is 0 Å². The van der Waals surface area contributed by atoms with Crippen LogP contribution in [-0.2, 0) is 18.0 Å². The standard InChI is InChI=1S/C13H11BrO2/c14-13(12-2-1-5-16-12)9-3-4-10-7-15-8-11(10)6-9/h1-6,13H,7-8H2. The van der Waals surface area contributed by atoms with Gasteiger partial charge in [0.15, 0.2) is 0 Å². The van der Waals surface area contributed by atoms with Crippen LogP contribution in [0.3, 0.4) is 0 Å². The predicted octanol–water partition coefficient (Wildman–Crippen LogP) is 3.79. The molecule has 0 fully saturated rings. The number of furan rings is 1. The lowest BCUT2D eigenvalue weighted by atomic mass is 10.0. The molecule has 0 amide bonds. The molecule has 0 radical (unpaired) electrons. The molecule has 2 nitrogen and oxygen atoms in total. The van der Waals surface area contributed by atoms with E-state index in [-0.39, 0.29) is 4.83 Å². The molecule has 0 bridgehead atoms. The molecule has 1 aliphatic rings. The van der Waals surface area contributed by atoms with E-state index in [0.717, 1.165) is 19.0 Å². The monoisotopic (exact) mass is 278 g/mol. The van der Waals surface area contributed by atoms with Crippen LogP contribution in [0.15, 0.2) is 41.0 Å². The van der Waals surface area contributed by atoms with Crippen molar-refractivity contribution in [2.45, 2.75) is 18.0 Å². The molecule has 1 aromatic carbocycles. The minimum Gasteiger partial charge on any atom is -0.468 e. The van der Waals surface area contributed by atoms with Gasteiger partial charge < -0.3 is 9.15 Å². The van der Waals surface area contributed by atoms with Crippen LogP contribution in [0.1, 0.15) is 27.3 Å². The van der Waals surface area contributed by atoms with E-state index >= 15 is 0 Å². The highest BCUT2D eigenvalue weighted by Gasteiger charge is 2.17. The summed E-state index contributed by atoms with van der Waals surface area (Å²) in [6.07, 6.45) is 1.69. The fourth-order valence-corrected chi connectivity index (χ4v) is 2.49. The highest BCUT2D eigenvalue weighted by molar-refractivity contribution is 9.09.